The molecule has 1 aromatic carbocycles. The van der Waals surface area contributed by atoms with Crippen molar-refractivity contribution in [2.75, 3.05) is 0 Å². The number of aromatic nitrogens is 2. The molecule has 0 saturated carbocycles. The molecule has 9 heteroatoms. The number of rotatable bonds is 3. The number of carbonyl (C=O) groups excluding carboxylic acids is 1. The second-order valence-electron chi connectivity index (χ2n) is 3.89. The maximum absolute atomic E-state index is 11.7. The number of amides is 1. The lowest BCUT2D eigenvalue weighted by molar-refractivity contribution is 0.0952. The molecule has 21 heavy (non-hydrogen) atoms. The van der Waals surface area contributed by atoms with E-state index in [1.165, 1.54) is 12.1 Å². The van der Waals surface area contributed by atoms with E-state index in [4.69, 9.17) is 0 Å². The predicted octanol–water partition coefficient (Wildman–Crippen LogP) is -0.762. The zero-order valence-corrected chi connectivity index (χ0v) is 10.5. The van der Waals surface area contributed by atoms with E-state index in [9.17, 15) is 24.6 Å². The van der Waals surface area contributed by atoms with Crippen LogP contribution in [0, 0.1) is 0 Å². The minimum atomic E-state index is -0.868. The molecular weight excluding hydrogens is 280 g/mol. The maximum atomic E-state index is 11.7. The van der Waals surface area contributed by atoms with Gasteiger partial charge in [0.1, 0.15) is 11.3 Å². The molecule has 0 aliphatic carbocycles. The highest BCUT2D eigenvalue weighted by atomic mass is 16.3. The third-order valence-corrected chi connectivity index (χ3v) is 2.47. The predicted molar refractivity (Wildman–Crippen MR) is 72.5 cm³/mol. The summed E-state index contributed by atoms with van der Waals surface area (Å²) < 4.78 is 0. The van der Waals surface area contributed by atoms with Crippen molar-refractivity contribution in [2.45, 2.75) is 0 Å². The molecule has 1 aromatic heterocycles. The Morgan fingerprint density at radius 3 is 2.57 bits per heavy atom. The number of hydrogen-bond acceptors (Lipinski definition) is 6. The summed E-state index contributed by atoms with van der Waals surface area (Å²) in [5.74, 6) is -1.61. The highest BCUT2D eigenvalue weighted by Crippen LogP contribution is 2.14. The first-order valence-electron chi connectivity index (χ1n) is 5.66. The number of phenolic OH excluding ortho intramolecular Hbond substituents is 1. The number of nitrogens with zero attached hydrogens (tertiary/aromatic N) is 1. The first-order chi connectivity index (χ1) is 9.99. The zero-order chi connectivity index (χ0) is 15.4. The number of aromatic hydroxyl groups is 2. The SMILES string of the molecule is O=C(NN=Cc1c(O)[nH]c(=O)[nH]c1=O)c1ccccc1O. The summed E-state index contributed by atoms with van der Waals surface area (Å²) in [5, 5.41) is 22.3. The van der Waals surface area contributed by atoms with Gasteiger partial charge < -0.3 is 10.2 Å². The fraction of sp³-hybridized carbons (Fsp3) is 0. The molecule has 9 nitrogen and oxygen atoms in total. The van der Waals surface area contributed by atoms with Crippen molar-refractivity contribution in [1.82, 2.24) is 15.4 Å². The smallest absolute Gasteiger partial charge is 0.328 e. The Labute approximate surface area is 116 Å². The van der Waals surface area contributed by atoms with E-state index >= 15 is 0 Å². The van der Waals surface area contributed by atoms with Gasteiger partial charge in [-0.3, -0.25) is 19.6 Å². The van der Waals surface area contributed by atoms with Crippen molar-refractivity contribution in [1.29, 1.82) is 0 Å². The molecular formula is C12H10N4O5. The summed E-state index contributed by atoms with van der Waals surface area (Å²) in [7, 11) is 0. The van der Waals surface area contributed by atoms with Crippen molar-refractivity contribution in [3.8, 4) is 11.6 Å². The van der Waals surface area contributed by atoms with Crippen LogP contribution in [0.3, 0.4) is 0 Å². The maximum Gasteiger partial charge on any atom is 0.328 e. The zero-order valence-electron chi connectivity index (χ0n) is 10.5. The summed E-state index contributed by atoms with van der Waals surface area (Å²) in [4.78, 5) is 37.8. The number of H-pyrrole nitrogens is 2. The second-order valence-corrected chi connectivity index (χ2v) is 3.89. The van der Waals surface area contributed by atoms with Gasteiger partial charge in [-0.1, -0.05) is 12.1 Å². The van der Waals surface area contributed by atoms with Gasteiger partial charge in [0.15, 0.2) is 0 Å². The van der Waals surface area contributed by atoms with Crippen LogP contribution >= 0.6 is 0 Å². The van der Waals surface area contributed by atoms with Crippen LogP contribution in [-0.4, -0.2) is 32.3 Å². The summed E-state index contributed by atoms with van der Waals surface area (Å²) in [5.41, 5.74) is 0.00816. The van der Waals surface area contributed by atoms with Gasteiger partial charge in [0.05, 0.1) is 11.8 Å². The number of nitrogens with one attached hydrogen (secondary N) is 3. The fourth-order valence-corrected chi connectivity index (χ4v) is 1.49. The molecule has 0 unspecified atom stereocenters. The highest BCUT2D eigenvalue weighted by Gasteiger charge is 2.09. The highest BCUT2D eigenvalue weighted by molar-refractivity contribution is 5.97. The molecule has 0 fully saturated rings. The molecule has 0 atom stereocenters. The third kappa shape index (κ3) is 3.15. The Morgan fingerprint density at radius 1 is 1.19 bits per heavy atom. The van der Waals surface area contributed by atoms with Crippen LogP contribution in [0.5, 0.6) is 11.6 Å². The van der Waals surface area contributed by atoms with Gasteiger partial charge >= 0.3 is 5.69 Å². The van der Waals surface area contributed by atoms with Gasteiger partial charge in [0, 0.05) is 0 Å². The van der Waals surface area contributed by atoms with E-state index in [1.807, 2.05) is 9.97 Å². The molecule has 0 saturated heterocycles. The van der Waals surface area contributed by atoms with Gasteiger partial charge in [0.2, 0.25) is 5.88 Å². The molecule has 108 valence electrons. The molecule has 0 aliphatic heterocycles. The van der Waals surface area contributed by atoms with Crippen LogP contribution in [0.25, 0.3) is 0 Å². The number of carbonyl (C=O) groups is 1. The van der Waals surface area contributed by atoms with Crippen LogP contribution in [0.15, 0.2) is 39.0 Å². The van der Waals surface area contributed by atoms with Crippen molar-refractivity contribution in [3.63, 3.8) is 0 Å². The summed E-state index contributed by atoms with van der Waals surface area (Å²) in [6.07, 6.45) is 0.863. The minimum Gasteiger partial charge on any atom is -0.507 e. The molecule has 1 amide bonds. The van der Waals surface area contributed by atoms with Crippen molar-refractivity contribution in [2.24, 2.45) is 5.10 Å². The van der Waals surface area contributed by atoms with Gasteiger partial charge in [-0.15, -0.1) is 0 Å². The monoisotopic (exact) mass is 290 g/mol. The average Bonchev–Trinajstić information content (AvgIpc) is 2.42. The Morgan fingerprint density at radius 2 is 1.90 bits per heavy atom. The van der Waals surface area contributed by atoms with Gasteiger partial charge in [-0.2, -0.15) is 5.10 Å². The van der Waals surface area contributed by atoms with Crippen molar-refractivity contribution in [3.05, 3.63) is 56.2 Å². The van der Waals surface area contributed by atoms with Crippen molar-refractivity contribution >= 4 is 12.1 Å². The van der Waals surface area contributed by atoms with Crippen LogP contribution in [-0.2, 0) is 0 Å². The minimum absolute atomic E-state index is 0.00532. The quantitative estimate of drug-likeness (QED) is 0.372. The first-order valence-corrected chi connectivity index (χ1v) is 5.66. The topological polar surface area (TPSA) is 148 Å². The molecule has 0 spiro atoms. The van der Waals surface area contributed by atoms with Crippen LogP contribution in [0.1, 0.15) is 15.9 Å². The molecule has 2 aromatic rings. The van der Waals surface area contributed by atoms with Crippen LogP contribution < -0.4 is 16.7 Å². The number of aromatic amines is 2. The van der Waals surface area contributed by atoms with Gasteiger partial charge in [-0.25, -0.2) is 10.2 Å². The van der Waals surface area contributed by atoms with Gasteiger partial charge in [-0.05, 0) is 12.1 Å². The normalized spacial score (nSPS) is 10.7. The largest absolute Gasteiger partial charge is 0.507 e. The number of para-hydroxylation sites is 1. The number of benzene rings is 1. The van der Waals surface area contributed by atoms with E-state index < -0.39 is 23.0 Å². The van der Waals surface area contributed by atoms with E-state index in [1.54, 1.807) is 12.1 Å². The summed E-state index contributed by atoms with van der Waals surface area (Å²) in [6, 6.07) is 5.81. The Bertz CT molecular complexity index is 821. The van der Waals surface area contributed by atoms with E-state index in [-0.39, 0.29) is 16.9 Å². The lowest BCUT2D eigenvalue weighted by atomic mass is 10.2. The van der Waals surface area contributed by atoms with E-state index in [0.717, 1.165) is 6.21 Å². The van der Waals surface area contributed by atoms with Crippen molar-refractivity contribution < 1.29 is 15.0 Å². The first kappa shape index (κ1) is 14.1. The fourth-order valence-electron chi connectivity index (χ4n) is 1.49. The molecule has 2 rings (SSSR count). The number of phenols is 1. The Kier molecular flexibility index (Phi) is 3.84. The van der Waals surface area contributed by atoms with Gasteiger partial charge in [0.25, 0.3) is 11.5 Å². The van der Waals surface area contributed by atoms with Crippen LogP contribution in [0.2, 0.25) is 0 Å². The molecule has 5 N–H and O–H groups in total. The van der Waals surface area contributed by atoms with Crippen LogP contribution in [0.4, 0.5) is 0 Å². The lowest BCUT2D eigenvalue weighted by Crippen LogP contribution is -2.25. The van der Waals surface area contributed by atoms with E-state index in [2.05, 4.69) is 10.5 Å². The average molecular weight is 290 g/mol. The summed E-state index contributed by atoms with van der Waals surface area (Å²) in [6.45, 7) is 0. The second kappa shape index (κ2) is 5.74. The number of hydrogen-bond donors (Lipinski definition) is 5. The standard InChI is InChI=1S/C12H10N4O5/c17-8-4-2-1-3-6(8)11(20)16-13-5-7-9(18)14-12(21)15-10(7)19/h1-5,17H,(H,16,20)(H3,14,15,18,19,21). The Hall–Kier alpha value is -3.36. The van der Waals surface area contributed by atoms with E-state index in [0.29, 0.717) is 0 Å². The lowest BCUT2D eigenvalue weighted by Gasteiger charge is -2.02. The molecule has 0 bridgehead atoms. The molecule has 1 heterocycles. The Balaban J connectivity index is 2.17. The number of hydrazone groups is 1. The summed E-state index contributed by atoms with van der Waals surface area (Å²) >= 11 is 0. The molecule has 0 aliphatic rings. The molecule has 0 radical (unpaired) electrons. The third-order valence-electron chi connectivity index (χ3n) is 2.47.